The number of carbonyl (C=O) groups excluding carboxylic acids is 2. The number of hydrogen-bond donors (Lipinski definition) is 1. The van der Waals surface area contributed by atoms with Crippen LogP contribution in [0.5, 0.6) is 5.75 Å². The average molecular weight is 529 g/mol. The predicted octanol–water partition coefficient (Wildman–Crippen LogP) is 4.51. The number of amides is 2. The average Bonchev–Trinajstić information content (AvgIpc) is 2.89. The Labute approximate surface area is 215 Å². The summed E-state index contributed by atoms with van der Waals surface area (Å²) in [5, 5.41) is 10.5. The molecular weight excluding hydrogens is 504 g/mol. The molecule has 0 saturated carbocycles. The number of benzene rings is 2. The van der Waals surface area contributed by atoms with Crippen LogP contribution in [0.25, 0.3) is 22.0 Å². The van der Waals surface area contributed by atoms with Crippen molar-refractivity contribution < 1.29 is 32.3 Å². The van der Waals surface area contributed by atoms with Crippen molar-refractivity contribution in [1.29, 1.82) is 0 Å². The topological polar surface area (TPSA) is 77.0 Å². The highest BCUT2D eigenvalue weighted by molar-refractivity contribution is 6.12. The normalized spacial score (nSPS) is 17.5. The SMILES string of the molecule is C=CC(=O)N1CCN2c3c(cnc4cc(-c5c(O)cccc5C(F)(F)F)c(CC)c(F)c34)N(C)C(=O)[C@H]2C1. The van der Waals surface area contributed by atoms with E-state index in [9.17, 15) is 27.9 Å². The number of hydrogen-bond acceptors (Lipinski definition) is 5. The number of alkyl halides is 3. The van der Waals surface area contributed by atoms with Gasteiger partial charge in [-0.15, -0.1) is 0 Å². The number of aromatic hydroxyl groups is 1. The van der Waals surface area contributed by atoms with E-state index in [-0.39, 0.29) is 59.9 Å². The first kappa shape index (κ1) is 25.5. The van der Waals surface area contributed by atoms with Crippen LogP contribution >= 0.6 is 0 Å². The van der Waals surface area contributed by atoms with Crippen molar-refractivity contribution in [3.63, 3.8) is 0 Å². The number of anilines is 2. The second kappa shape index (κ2) is 9.00. The van der Waals surface area contributed by atoms with Crippen LogP contribution in [0, 0.1) is 5.82 Å². The standard InChI is InChI=1S/C27H24F4N4O3/c1-4-14-15(22-16(27(29,30)31)7-6-8-20(22)36)11-17-23(24(14)28)25-18(12-32-17)33(3)26(38)19-13-34(21(37)5-2)9-10-35(19)25/h5-8,11-12,19,36H,2,4,9-10,13H2,1,3H3/t19-/m1/s1. The number of phenolic OH excluding ortho intramolecular Hbond substituents is 1. The number of halogens is 4. The van der Waals surface area contributed by atoms with E-state index >= 15 is 4.39 Å². The summed E-state index contributed by atoms with van der Waals surface area (Å²) in [4.78, 5) is 34.3. The molecule has 7 nitrogen and oxygen atoms in total. The lowest BCUT2D eigenvalue weighted by Crippen LogP contribution is -2.62. The number of carbonyl (C=O) groups is 2. The summed E-state index contributed by atoms with van der Waals surface area (Å²) in [6.07, 6.45) is -2.20. The van der Waals surface area contributed by atoms with Crippen molar-refractivity contribution in [2.75, 3.05) is 36.5 Å². The van der Waals surface area contributed by atoms with Gasteiger partial charge in [-0.2, -0.15) is 13.2 Å². The Morgan fingerprint density at radius 1 is 1.29 bits per heavy atom. The van der Waals surface area contributed by atoms with Crippen LogP contribution in [0.15, 0.2) is 43.1 Å². The lowest BCUT2D eigenvalue weighted by atomic mass is 9.90. The number of piperazine rings is 1. The first-order valence-electron chi connectivity index (χ1n) is 12.0. The van der Waals surface area contributed by atoms with Crippen LogP contribution in [0.1, 0.15) is 18.1 Å². The van der Waals surface area contributed by atoms with Gasteiger partial charge in [0, 0.05) is 25.7 Å². The minimum atomic E-state index is -4.79. The molecule has 3 heterocycles. The van der Waals surface area contributed by atoms with Crippen LogP contribution in [0.2, 0.25) is 0 Å². The number of phenols is 1. The van der Waals surface area contributed by atoms with Crippen molar-refractivity contribution in [2.24, 2.45) is 0 Å². The first-order chi connectivity index (χ1) is 18.0. The van der Waals surface area contributed by atoms with Crippen molar-refractivity contribution in [1.82, 2.24) is 9.88 Å². The third-order valence-corrected chi connectivity index (χ3v) is 7.25. The maximum atomic E-state index is 16.4. The van der Waals surface area contributed by atoms with Crippen LogP contribution < -0.4 is 9.80 Å². The van der Waals surface area contributed by atoms with Crippen LogP contribution in [-0.2, 0) is 22.2 Å². The molecule has 0 aliphatic carbocycles. The fraction of sp³-hybridized carbons (Fsp3) is 0.296. The molecule has 0 radical (unpaired) electrons. The minimum absolute atomic E-state index is 0.0173. The molecule has 3 aromatic rings. The van der Waals surface area contributed by atoms with E-state index in [0.29, 0.717) is 11.4 Å². The van der Waals surface area contributed by atoms with Crippen molar-refractivity contribution >= 4 is 34.1 Å². The molecule has 2 aliphatic heterocycles. The van der Waals surface area contributed by atoms with Gasteiger partial charge in [0.2, 0.25) is 5.91 Å². The molecule has 0 spiro atoms. The second-order valence-electron chi connectivity index (χ2n) is 9.25. The van der Waals surface area contributed by atoms with Crippen LogP contribution in [-0.4, -0.2) is 59.5 Å². The van der Waals surface area contributed by atoms with E-state index in [1.54, 1.807) is 11.8 Å². The Morgan fingerprint density at radius 3 is 2.68 bits per heavy atom. The monoisotopic (exact) mass is 528 g/mol. The quantitative estimate of drug-likeness (QED) is 0.400. The van der Waals surface area contributed by atoms with Gasteiger partial charge in [-0.1, -0.05) is 19.6 Å². The Hall–Kier alpha value is -4.15. The van der Waals surface area contributed by atoms with Gasteiger partial charge in [-0.3, -0.25) is 14.6 Å². The minimum Gasteiger partial charge on any atom is -0.507 e. The predicted molar refractivity (Wildman–Crippen MR) is 135 cm³/mol. The molecule has 198 valence electrons. The summed E-state index contributed by atoms with van der Waals surface area (Å²) < 4.78 is 58.0. The molecule has 5 rings (SSSR count). The van der Waals surface area contributed by atoms with Gasteiger partial charge >= 0.3 is 6.18 Å². The fourth-order valence-electron chi connectivity index (χ4n) is 5.42. The molecule has 1 fully saturated rings. The van der Waals surface area contributed by atoms with E-state index < -0.39 is 34.9 Å². The summed E-state index contributed by atoms with van der Waals surface area (Å²) in [6, 6.07) is 3.62. The number of aromatic nitrogens is 1. The number of pyridine rings is 1. The molecule has 0 unspecified atom stereocenters. The number of fused-ring (bicyclic) bond motifs is 5. The van der Waals surface area contributed by atoms with E-state index in [4.69, 9.17) is 0 Å². The number of rotatable bonds is 3. The maximum Gasteiger partial charge on any atom is 0.417 e. The van der Waals surface area contributed by atoms with Gasteiger partial charge in [0.25, 0.3) is 5.91 Å². The molecule has 1 atom stereocenters. The summed E-state index contributed by atoms with van der Waals surface area (Å²) in [7, 11) is 1.53. The summed E-state index contributed by atoms with van der Waals surface area (Å²) in [5.41, 5.74) is -0.897. The summed E-state index contributed by atoms with van der Waals surface area (Å²) in [5.74, 6) is -2.01. The van der Waals surface area contributed by atoms with Crippen molar-refractivity contribution in [3.8, 4) is 16.9 Å². The smallest absolute Gasteiger partial charge is 0.417 e. The third-order valence-electron chi connectivity index (χ3n) is 7.25. The molecule has 1 saturated heterocycles. The van der Waals surface area contributed by atoms with E-state index in [1.165, 1.54) is 35.2 Å². The van der Waals surface area contributed by atoms with Gasteiger partial charge in [0.1, 0.15) is 17.6 Å². The molecular formula is C27H24F4N4O3. The van der Waals surface area contributed by atoms with Gasteiger partial charge in [-0.25, -0.2) is 4.39 Å². The van der Waals surface area contributed by atoms with Crippen LogP contribution in [0.3, 0.4) is 0 Å². The van der Waals surface area contributed by atoms with E-state index in [0.717, 1.165) is 18.2 Å². The highest BCUT2D eigenvalue weighted by Gasteiger charge is 2.43. The Balaban J connectivity index is 1.77. The molecule has 1 N–H and O–H groups in total. The summed E-state index contributed by atoms with van der Waals surface area (Å²) >= 11 is 0. The second-order valence-corrected chi connectivity index (χ2v) is 9.25. The number of likely N-dealkylation sites (N-methyl/N-ethyl adjacent to an activating group) is 1. The molecule has 11 heteroatoms. The number of nitrogens with zero attached hydrogens (tertiary/aromatic N) is 4. The molecule has 1 aromatic heterocycles. The summed E-state index contributed by atoms with van der Waals surface area (Å²) in [6.45, 7) is 5.69. The fourth-order valence-corrected chi connectivity index (χ4v) is 5.42. The van der Waals surface area contributed by atoms with Gasteiger partial charge in [-0.05, 0) is 41.8 Å². The zero-order valence-electron chi connectivity index (χ0n) is 20.6. The highest BCUT2D eigenvalue weighted by Crippen LogP contribution is 2.48. The van der Waals surface area contributed by atoms with Crippen molar-refractivity contribution in [2.45, 2.75) is 25.6 Å². The molecule has 2 amide bonds. The van der Waals surface area contributed by atoms with Gasteiger partial charge < -0.3 is 19.8 Å². The molecule has 2 aromatic carbocycles. The Bertz CT molecular complexity index is 1500. The Kier molecular flexibility index (Phi) is 6.04. The lowest BCUT2D eigenvalue weighted by molar-refractivity contribution is -0.137. The van der Waals surface area contributed by atoms with E-state index in [2.05, 4.69) is 11.6 Å². The van der Waals surface area contributed by atoms with Gasteiger partial charge in [0.15, 0.2) is 0 Å². The Morgan fingerprint density at radius 2 is 2.03 bits per heavy atom. The molecule has 2 aliphatic rings. The van der Waals surface area contributed by atoms with Crippen LogP contribution in [0.4, 0.5) is 28.9 Å². The maximum absolute atomic E-state index is 16.4. The lowest BCUT2D eigenvalue weighted by Gasteiger charge is -2.47. The zero-order valence-corrected chi connectivity index (χ0v) is 20.6. The third kappa shape index (κ3) is 3.75. The van der Waals surface area contributed by atoms with E-state index in [1.807, 2.05) is 0 Å². The first-order valence-corrected chi connectivity index (χ1v) is 12.0. The van der Waals surface area contributed by atoms with Crippen molar-refractivity contribution in [3.05, 3.63) is 60.1 Å². The molecule has 38 heavy (non-hydrogen) atoms. The molecule has 0 bridgehead atoms. The zero-order chi connectivity index (χ0) is 27.5. The van der Waals surface area contributed by atoms with Gasteiger partial charge in [0.05, 0.1) is 40.6 Å². The highest BCUT2D eigenvalue weighted by atomic mass is 19.4. The largest absolute Gasteiger partial charge is 0.507 e.